The molecule has 0 saturated carbocycles. The van der Waals surface area contributed by atoms with Crippen LogP contribution < -0.4 is 0 Å². The third-order valence-corrected chi connectivity index (χ3v) is 11.1. The summed E-state index contributed by atoms with van der Waals surface area (Å²) in [5, 5.41) is 0. The molecule has 19 atom stereocenters. The zero-order valence-corrected chi connectivity index (χ0v) is 38.1. The van der Waals surface area contributed by atoms with Gasteiger partial charge in [-0.2, -0.15) is 0 Å². The van der Waals surface area contributed by atoms with Crippen molar-refractivity contribution in [3.63, 3.8) is 0 Å². The molecule has 21 heteroatoms. The highest BCUT2D eigenvalue weighted by Gasteiger charge is 2.57. The molecule has 0 N–H and O–H groups in total. The van der Waals surface area contributed by atoms with Gasteiger partial charge in [0.15, 0.2) is 18.9 Å². The zero-order valence-electron chi connectivity index (χ0n) is 38.1. The summed E-state index contributed by atoms with van der Waals surface area (Å²) in [7, 11) is 23.2. The number of rotatable bonds is 29. The first-order valence-electron chi connectivity index (χ1n) is 19.8. The van der Waals surface area contributed by atoms with E-state index in [2.05, 4.69) is 0 Å². The molecule has 21 nitrogen and oxygen atoms in total. The molecule has 3 aliphatic rings. The fraction of sp³-hybridized carbons (Fsp3) is 1.00. The van der Waals surface area contributed by atoms with E-state index in [-0.39, 0.29) is 33.0 Å². The van der Waals surface area contributed by atoms with Crippen LogP contribution in [0.3, 0.4) is 0 Å². The topological polar surface area (TPSA) is 194 Å². The molecule has 0 aromatic carbocycles. The molecule has 3 fully saturated rings. The first-order chi connectivity index (χ1) is 29.1. The van der Waals surface area contributed by atoms with Crippen LogP contribution in [0.1, 0.15) is 0 Å². The molecule has 0 spiro atoms. The molecule has 19 unspecified atom stereocenters. The summed E-state index contributed by atoms with van der Waals surface area (Å²) in [6.45, 7) is 0.713. The second kappa shape index (κ2) is 28.2. The summed E-state index contributed by atoms with van der Waals surface area (Å²) < 4.78 is 128. The highest BCUT2D eigenvalue weighted by atomic mass is 16.8. The van der Waals surface area contributed by atoms with Crippen molar-refractivity contribution in [3.8, 4) is 0 Å². The van der Waals surface area contributed by atoms with Gasteiger partial charge in [-0.05, 0) is 0 Å². The highest BCUT2D eigenvalue weighted by molar-refractivity contribution is 5.00. The van der Waals surface area contributed by atoms with Crippen LogP contribution in [0.4, 0.5) is 0 Å². The van der Waals surface area contributed by atoms with E-state index in [9.17, 15) is 0 Å². The minimum atomic E-state index is -1.15. The molecule has 0 bridgehead atoms. The summed E-state index contributed by atoms with van der Waals surface area (Å²) >= 11 is 0. The van der Waals surface area contributed by atoms with Crippen LogP contribution in [-0.4, -0.2) is 256 Å². The first kappa shape index (κ1) is 53.5. The van der Waals surface area contributed by atoms with Crippen LogP contribution in [0, 0.1) is 0 Å². The Bertz CT molecular complexity index is 1110. The van der Waals surface area contributed by atoms with Crippen molar-refractivity contribution in [3.05, 3.63) is 0 Å². The van der Waals surface area contributed by atoms with Gasteiger partial charge < -0.3 is 99.5 Å². The number of ether oxygens (including phenoxy) is 21. The molecule has 60 heavy (non-hydrogen) atoms. The fourth-order valence-corrected chi connectivity index (χ4v) is 8.30. The van der Waals surface area contributed by atoms with Gasteiger partial charge in [0.2, 0.25) is 0 Å². The summed E-state index contributed by atoms with van der Waals surface area (Å²) in [4.78, 5) is 0. The average molecular weight is 879 g/mol. The van der Waals surface area contributed by atoms with E-state index < -0.39 is 117 Å². The molecule has 0 amide bonds. The fourth-order valence-electron chi connectivity index (χ4n) is 8.30. The third kappa shape index (κ3) is 12.9. The van der Waals surface area contributed by atoms with Gasteiger partial charge in [-0.3, -0.25) is 0 Å². The van der Waals surface area contributed by atoms with Crippen molar-refractivity contribution in [2.45, 2.75) is 117 Å². The van der Waals surface area contributed by atoms with E-state index in [1.165, 1.54) is 28.4 Å². The lowest BCUT2D eigenvalue weighted by Gasteiger charge is -2.51. The Morgan fingerprint density at radius 3 is 1.00 bits per heavy atom. The van der Waals surface area contributed by atoms with Gasteiger partial charge in [-0.15, -0.1) is 0 Å². The van der Waals surface area contributed by atoms with Crippen LogP contribution >= 0.6 is 0 Å². The third-order valence-electron chi connectivity index (χ3n) is 11.1. The van der Waals surface area contributed by atoms with Gasteiger partial charge in [0.1, 0.15) is 97.7 Å². The predicted molar refractivity (Wildman–Crippen MR) is 208 cm³/mol. The number of hydrogen-bond acceptors (Lipinski definition) is 21. The lowest BCUT2D eigenvalue weighted by molar-refractivity contribution is -0.391. The maximum atomic E-state index is 6.97. The van der Waals surface area contributed by atoms with Crippen LogP contribution in [0.25, 0.3) is 0 Å². The van der Waals surface area contributed by atoms with E-state index in [0.29, 0.717) is 0 Å². The van der Waals surface area contributed by atoms with Crippen molar-refractivity contribution in [1.82, 2.24) is 0 Å². The smallest absolute Gasteiger partial charge is 0.187 e. The van der Waals surface area contributed by atoms with Gasteiger partial charge in [0.05, 0.1) is 33.0 Å². The molecular weight excluding hydrogens is 804 g/mol. The van der Waals surface area contributed by atoms with Crippen molar-refractivity contribution in [2.24, 2.45) is 0 Å². The number of methoxy groups -OCH3 is 15. The monoisotopic (exact) mass is 878 g/mol. The second-order valence-electron chi connectivity index (χ2n) is 14.4. The van der Waals surface area contributed by atoms with Crippen LogP contribution in [-0.2, 0) is 99.5 Å². The van der Waals surface area contributed by atoms with E-state index in [1.807, 2.05) is 0 Å². The predicted octanol–water partition coefficient (Wildman–Crippen LogP) is -0.301. The summed E-state index contributed by atoms with van der Waals surface area (Å²) in [6.07, 6.45) is -15.3. The molecule has 3 heterocycles. The van der Waals surface area contributed by atoms with Gasteiger partial charge in [0, 0.05) is 107 Å². The second-order valence-corrected chi connectivity index (χ2v) is 14.4. The van der Waals surface area contributed by atoms with Gasteiger partial charge in [-0.1, -0.05) is 0 Å². The number of hydrogen-bond donors (Lipinski definition) is 0. The Morgan fingerprint density at radius 1 is 0.333 bits per heavy atom. The lowest BCUT2D eigenvalue weighted by atomic mass is 9.95. The van der Waals surface area contributed by atoms with Gasteiger partial charge in [-0.25, -0.2) is 0 Å². The molecular formula is C39H74O21. The Kier molecular flexibility index (Phi) is 25.1. The average Bonchev–Trinajstić information content (AvgIpc) is 3.25. The first-order valence-corrected chi connectivity index (χ1v) is 19.8. The molecule has 3 rings (SSSR count). The molecule has 356 valence electrons. The molecule has 0 aliphatic carbocycles. The molecule has 0 aromatic rings. The lowest BCUT2D eigenvalue weighted by Crippen LogP contribution is -2.68. The highest BCUT2D eigenvalue weighted by Crippen LogP contribution is 2.38. The van der Waals surface area contributed by atoms with Crippen LogP contribution in [0.15, 0.2) is 0 Å². The van der Waals surface area contributed by atoms with Crippen LogP contribution in [0.2, 0.25) is 0 Å². The molecule has 3 saturated heterocycles. The van der Waals surface area contributed by atoms with Gasteiger partial charge >= 0.3 is 0 Å². The Morgan fingerprint density at radius 2 is 0.667 bits per heavy atom. The van der Waals surface area contributed by atoms with Crippen molar-refractivity contribution in [1.29, 1.82) is 0 Å². The van der Waals surface area contributed by atoms with Crippen LogP contribution in [0.5, 0.6) is 0 Å². The van der Waals surface area contributed by atoms with E-state index in [4.69, 9.17) is 99.5 Å². The standard InChI is InChI=1S/C39H74O21/c1-40-16-21(45-6)26(47-8)30(22(46-7)17-41-2)58-38-35(53-14)32(28(49-10)24(56-38)19-43-4)60-39-36(54-15)33(29(50-11)25(57-39)20-44-5)59-37-34(52-13)31(51-12)27(48-9)23(55-37)18-42-3/h21-39H,16-20H2,1-15H3. The summed E-state index contributed by atoms with van der Waals surface area (Å²) in [5.41, 5.74) is 0. The SMILES string of the molecule is COCC(OC)C(OC)C(OC1OC(COC)C(OC)C(OC2OC(COC)C(OC)C(OC3OC(COC)C(OC)C(OC)C3OC)C2OC)C1OC)C(COC)OC. The Hall–Kier alpha value is -0.840. The molecule has 0 radical (unpaired) electrons. The van der Waals surface area contributed by atoms with Crippen molar-refractivity contribution >= 4 is 0 Å². The quantitative estimate of drug-likeness (QED) is 0.0950. The maximum Gasteiger partial charge on any atom is 0.187 e. The maximum absolute atomic E-state index is 6.97. The zero-order chi connectivity index (χ0) is 44.4. The molecule has 3 aliphatic heterocycles. The minimum absolute atomic E-state index is 0.0927. The van der Waals surface area contributed by atoms with Crippen molar-refractivity contribution in [2.75, 3.05) is 140 Å². The minimum Gasteiger partial charge on any atom is -0.382 e. The van der Waals surface area contributed by atoms with Gasteiger partial charge in [0.25, 0.3) is 0 Å². The van der Waals surface area contributed by atoms with E-state index in [1.54, 1.807) is 78.2 Å². The van der Waals surface area contributed by atoms with E-state index in [0.717, 1.165) is 0 Å². The normalized spacial score (nSPS) is 37.1. The largest absolute Gasteiger partial charge is 0.382 e. The Balaban J connectivity index is 2.11. The molecule has 0 aromatic heterocycles. The Labute approximate surface area is 355 Å². The van der Waals surface area contributed by atoms with E-state index >= 15 is 0 Å². The summed E-state index contributed by atoms with van der Waals surface area (Å²) in [5.74, 6) is 0. The van der Waals surface area contributed by atoms with Crippen molar-refractivity contribution < 1.29 is 99.5 Å². The summed E-state index contributed by atoms with van der Waals surface area (Å²) in [6, 6.07) is 0.